The summed E-state index contributed by atoms with van der Waals surface area (Å²) in [6, 6.07) is 14.5. The van der Waals surface area contributed by atoms with E-state index in [2.05, 4.69) is 48.5 Å². The van der Waals surface area contributed by atoms with Crippen LogP contribution in [0.15, 0.2) is 48.8 Å². The minimum absolute atomic E-state index is 0.996. The van der Waals surface area contributed by atoms with Gasteiger partial charge < -0.3 is 0 Å². The van der Waals surface area contributed by atoms with Gasteiger partial charge in [-0.15, -0.1) is 0 Å². The molecule has 3 heteroatoms. The molecule has 0 aliphatic rings. The summed E-state index contributed by atoms with van der Waals surface area (Å²) in [5.41, 5.74) is 9.04. The second-order valence-corrected chi connectivity index (χ2v) is 4.53. The molecule has 0 spiro atoms. The van der Waals surface area contributed by atoms with Crippen molar-refractivity contribution in [1.29, 1.82) is 0 Å². The molecule has 0 bridgehead atoms. The molecule has 0 amide bonds. The maximum Gasteiger partial charge on any atom is 0.116 e. The molecular weight excluding hydrogens is 222 g/mol. The van der Waals surface area contributed by atoms with Crippen LogP contribution in [0.5, 0.6) is 0 Å². The summed E-state index contributed by atoms with van der Waals surface area (Å²) in [6.45, 7) is 4.19. The van der Waals surface area contributed by atoms with Gasteiger partial charge in [0, 0.05) is 0 Å². The van der Waals surface area contributed by atoms with Crippen molar-refractivity contribution < 1.29 is 0 Å². The van der Waals surface area contributed by atoms with Crippen LogP contribution in [-0.4, -0.2) is 9.66 Å². The molecule has 0 aliphatic carbocycles. The van der Waals surface area contributed by atoms with Crippen molar-refractivity contribution >= 4 is 16.7 Å². The topological polar surface area (TPSA) is 29.9 Å². The van der Waals surface area contributed by atoms with Gasteiger partial charge in [0.1, 0.15) is 6.33 Å². The third-order valence-corrected chi connectivity index (χ3v) is 3.09. The SMILES string of the molecule is Cc1ccc(C)c(Nn2cnc3ccccc32)c1. The van der Waals surface area contributed by atoms with E-state index < -0.39 is 0 Å². The normalized spacial score (nSPS) is 10.8. The number of imidazole rings is 1. The monoisotopic (exact) mass is 237 g/mol. The lowest BCUT2D eigenvalue weighted by molar-refractivity contribution is 0.983. The van der Waals surface area contributed by atoms with E-state index in [4.69, 9.17) is 0 Å². The predicted octanol–water partition coefficient (Wildman–Crippen LogP) is 3.53. The van der Waals surface area contributed by atoms with Crippen molar-refractivity contribution in [2.45, 2.75) is 13.8 Å². The van der Waals surface area contributed by atoms with E-state index in [1.54, 1.807) is 0 Å². The lowest BCUT2D eigenvalue weighted by atomic mass is 10.1. The van der Waals surface area contributed by atoms with Crippen LogP contribution in [0.3, 0.4) is 0 Å². The molecule has 0 fully saturated rings. The summed E-state index contributed by atoms with van der Waals surface area (Å²) in [4.78, 5) is 4.37. The molecule has 0 unspecified atom stereocenters. The molecule has 0 radical (unpaired) electrons. The van der Waals surface area contributed by atoms with Crippen molar-refractivity contribution in [3.05, 3.63) is 59.9 Å². The van der Waals surface area contributed by atoms with E-state index in [9.17, 15) is 0 Å². The van der Waals surface area contributed by atoms with E-state index in [0.717, 1.165) is 16.7 Å². The lowest BCUT2D eigenvalue weighted by Crippen LogP contribution is -2.08. The highest BCUT2D eigenvalue weighted by Gasteiger charge is 2.03. The summed E-state index contributed by atoms with van der Waals surface area (Å²) < 4.78 is 1.96. The Bertz CT molecular complexity index is 698. The van der Waals surface area contributed by atoms with Crippen LogP contribution < -0.4 is 5.43 Å². The highest BCUT2D eigenvalue weighted by Crippen LogP contribution is 2.18. The first-order valence-corrected chi connectivity index (χ1v) is 6.00. The van der Waals surface area contributed by atoms with Crippen LogP contribution >= 0.6 is 0 Å². The summed E-state index contributed by atoms with van der Waals surface area (Å²) >= 11 is 0. The van der Waals surface area contributed by atoms with E-state index in [1.807, 2.05) is 29.2 Å². The van der Waals surface area contributed by atoms with Gasteiger partial charge in [-0.1, -0.05) is 24.3 Å². The number of fused-ring (bicyclic) bond motifs is 1. The second-order valence-electron chi connectivity index (χ2n) is 4.53. The van der Waals surface area contributed by atoms with Crippen LogP contribution in [0.25, 0.3) is 11.0 Å². The van der Waals surface area contributed by atoms with Gasteiger partial charge in [-0.05, 0) is 43.2 Å². The van der Waals surface area contributed by atoms with Gasteiger partial charge in [0.2, 0.25) is 0 Å². The minimum Gasteiger partial charge on any atom is -0.293 e. The summed E-state index contributed by atoms with van der Waals surface area (Å²) in [5, 5.41) is 0. The average Bonchev–Trinajstić information content (AvgIpc) is 2.78. The molecule has 2 aromatic carbocycles. The zero-order chi connectivity index (χ0) is 12.5. The summed E-state index contributed by atoms with van der Waals surface area (Å²) in [6.07, 6.45) is 1.81. The van der Waals surface area contributed by atoms with Crippen molar-refractivity contribution in [1.82, 2.24) is 9.66 Å². The van der Waals surface area contributed by atoms with Crippen molar-refractivity contribution in [3.8, 4) is 0 Å². The van der Waals surface area contributed by atoms with Gasteiger partial charge in [0.05, 0.1) is 16.7 Å². The first-order chi connectivity index (χ1) is 8.74. The fourth-order valence-electron chi connectivity index (χ4n) is 2.03. The number of para-hydroxylation sites is 2. The number of aromatic nitrogens is 2. The molecule has 90 valence electrons. The number of hydrogen-bond acceptors (Lipinski definition) is 2. The van der Waals surface area contributed by atoms with Gasteiger partial charge in [0.25, 0.3) is 0 Å². The molecule has 0 saturated carbocycles. The van der Waals surface area contributed by atoms with E-state index in [0.29, 0.717) is 0 Å². The van der Waals surface area contributed by atoms with Crippen molar-refractivity contribution in [2.24, 2.45) is 0 Å². The second kappa shape index (κ2) is 4.18. The molecule has 3 aromatic rings. The quantitative estimate of drug-likeness (QED) is 0.739. The van der Waals surface area contributed by atoms with E-state index >= 15 is 0 Å². The number of nitrogens with one attached hydrogen (secondary N) is 1. The van der Waals surface area contributed by atoms with E-state index in [1.165, 1.54) is 11.1 Å². The Hall–Kier alpha value is -2.29. The van der Waals surface area contributed by atoms with Gasteiger partial charge in [0.15, 0.2) is 0 Å². The lowest BCUT2D eigenvalue weighted by Gasteiger charge is -2.11. The first kappa shape index (κ1) is 10.8. The highest BCUT2D eigenvalue weighted by atomic mass is 15.4. The fraction of sp³-hybridized carbons (Fsp3) is 0.133. The van der Waals surface area contributed by atoms with Crippen LogP contribution in [0.1, 0.15) is 11.1 Å². The molecule has 1 heterocycles. The van der Waals surface area contributed by atoms with Crippen LogP contribution in [0.2, 0.25) is 0 Å². The Labute approximate surface area is 106 Å². The number of anilines is 1. The number of rotatable bonds is 2. The molecule has 1 N–H and O–H groups in total. The largest absolute Gasteiger partial charge is 0.293 e. The molecule has 0 saturated heterocycles. The first-order valence-electron chi connectivity index (χ1n) is 6.00. The Balaban J connectivity index is 2.04. The number of nitrogens with zero attached hydrogens (tertiary/aromatic N) is 2. The molecule has 1 aromatic heterocycles. The van der Waals surface area contributed by atoms with Crippen molar-refractivity contribution in [3.63, 3.8) is 0 Å². The third-order valence-electron chi connectivity index (χ3n) is 3.09. The highest BCUT2D eigenvalue weighted by molar-refractivity contribution is 5.76. The van der Waals surface area contributed by atoms with Gasteiger partial charge >= 0.3 is 0 Å². The minimum atomic E-state index is 0.996. The average molecular weight is 237 g/mol. The number of aryl methyl sites for hydroxylation is 2. The predicted molar refractivity (Wildman–Crippen MR) is 74.7 cm³/mol. The summed E-state index contributed by atoms with van der Waals surface area (Å²) in [7, 11) is 0. The molecule has 0 atom stereocenters. The Morgan fingerprint density at radius 3 is 2.78 bits per heavy atom. The summed E-state index contributed by atoms with van der Waals surface area (Å²) in [5.74, 6) is 0. The maximum atomic E-state index is 4.37. The van der Waals surface area contributed by atoms with Gasteiger partial charge in [-0.2, -0.15) is 0 Å². The maximum absolute atomic E-state index is 4.37. The molecule has 18 heavy (non-hydrogen) atoms. The molecular formula is C15H15N3. The Morgan fingerprint density at radius 2 is 1.89 bits per heavy atom. The van der Waals surface area contributed by atoms with E-state index in [-0.39, 0.29) is 0 Å². The zero-order valence-corrected chi connectivity index (χ0v) is 10.5. The van der Waals surface area contributed by atoms with Crippen molar-refractivity contribution in [2.75, 3.05) is 5.43 Å². The Kier molecular flexibility index (Phi) is 2.52. The number of benzene rings is 2. The molecule has 3 rings (SSSR count). The van der Waals surface area contributed by atoms with Gasteiger partial charge in [-0.3, -0.25) is 5.43 Å². The van der Waals surface area contributed by atoms with Crippen LogP contribution in [0, 0.1) is 13.8 Å². The molecule has 0 aliphatic heterocycles. The molecule has 3 nitrogen and oxygen atoms in total. The Morgan fingerprint density at radius 1 is 1.06 bits per heavy atom. The standard InChI is InChI=1S/C15H15N3/c1-11-7-8-12(2)14(9-11)17-18-10-16-13-5-3-4-6-15(13)18/h3-10,17H,1-2H3. The third kappa shape index (κ3) is 1.84. The smallest absolute Gasteiger partial charge is 0.116 e. The van der Waals surface area contributed by atoms with Gasteiger partial charge in [-0.25, -0.2) is 9.66 Å². The van der Waals surface area contributed by atoms with Crippen LogP contribution in [0.4, 0.5) is 5.69 Å². The number of hydrogen-bond donors (Lipinski definition) is 1. The fourth-order valence-corrected chi connectivity index (χ4v) is 2.03. The van der Waals surface area contributed by atoms with Crippen LogP contribution in [-0.2, 0) is 0 Å². The zero-order valence-electron chi connectivity index (χ0n) is 10.5.